The summed E-state index contributed by atoms with van der Waals surface area (Å²) in [6, 6.07) is 14.2. The molecule has 0 saturated heterocycles. The number of aryl methyl sites for hydroxylation is 1. The van der Waals surface area contributed by atoms with Gasteiger partial charge in [0.25, 0.3) is 0 Å². The quantitative estimate of drug-likeness (QED) is 0.730. The summed E-state index contributed by atoms with van der Waals surface area (Å²) in [7, 11) is 0. The first-order valence-corrected chi connectivity index (χ1v) is 8.07. The van der Waals surface area contributed by atoms with Crippen LogP contribution in [0.5, 0.6) is 0 Å². The molecule has 4 nitrogen and oxygen atoms in total. The largest absolute Gasteiger partial charge is 0.466 e. The summed E-state index contributed by atoms with van der Waals surface area (Å²) in [4.78, 5) is 11.6. The highest BCUT2D eigenvalue weighted by molar-refractivity contribution is 6.08. The number of hydrogen-bond donors (Lipinski definition) is 1. The van der Waals surface area contributed by atoms with Gasteiger partial charge >= 0.3 is 5.97 Å². The van der Waals surface area contributed by atoms with Crippen molar-refractivity contribution in [3.05, 3.63) is 48.0 Å². The topological polar surface area (TPSA) is 57.2 Å². The number of benzene rings is 2. The summed E-state index contributed by atoms with van der Waals surface area (Å²) in [5.74, 6) is -0.254. The Morgan fingerprint density at radius 1 is 1.13 bits per heavy atom. The summed E-state index contributed by atoms with van der Waals surface area (Å²) >= 11 is 0. The molecule has 120 valence electrons. The SMILES string of the molecule is CCOC(=O)C[C@@H](N)c1ccc2c(c1)c1ccccc1n2CC. The molecule has 0 spiro atoms. The Morgan fingerprint density at radius 2 is 1.87 bits per heavy atom. The highest BCUT2D eigenvalue weighted by Crippen LogP contribution is 2.31. The molecule has 1 heterocycles. The fourth-order valence-corrected chi connectivity index (χ4v) is 3.16. The lowest BCUT2D eigenvalue weighted by atomic mass is 10.0. The standard InChI is InChI=1S/C19H22N2O2/c1-3-21-17-8-6-5-7-14(17)15-11-13(9-10-18(15)21)16(20)12-19(22)23-4-2/h5-11,16H,3-4,12,20H2,1-2H3/t16-/m1/s1. The molecule has 0 aliphatic rings. The highest BCUT2D eigenvalue weighted by atomic mass is 16.5. The molecule has 0 aliphatic heterocycles. The molecular weight excluding hydrogens is 288 g/mol. The zero-order valence-corrected chi connectivity index (χ0v) is 13.6. The maximum Gasteiger partial charge on any atom is 0.307 e. The van der Waals surface area contributed by atoms with Crippen molar-refractivity contribution in [2.75, 3.05) is 6.61 Å². The van der Waals surface area contributed by atoms with Crippen molar-refractivity contribution in [3.8, 4) is 0 Å². The van der Waals surface area contributed by atoms with E-state index in [0.717, 1.165) is 12.1 Å². The van der Waals surface area contributed by atoms with Gasteiger partial charge in [0, 0.05) is 34.4 Å². The number of fused-ring (bicyclic) bond motifs is 3. The fourth-order valence-electron chi connectivity index (χ4n) is 3.16. The molecule has 2 aromatic carbocycles. The molecule has 0 bridgehead atoms. The van der Waals surface area contributed by atoms with Crippen molar-refractivity contribution in [2.24, 2.45) is 5.73 Å². The van der Waals surface area contributed by atoms with Crippen LogP contribution in [0.3, 0.4) is 0 Å². The summed E-state index contributed by atoms with van der Waals surface area (Å²) in [5.41, 5.74) is 9.57. The van der Waals surface area contributed by atoms with Gasteiger partial charge in [0.05, 0.1) is 13.0 Å². The van der Waals surface area contributed by atoms with E-state index >= 15 is 0 Å². The van der Waals surface area contributed by atoms with Gasteiger partial charge in [-0.05, 0) is 37.6 Å². The van der Waals surface area contributed by atoms with Crippen LogP contribution in [0.4, 0.5) is 0 Å². The van der Waals surface area contributed by atoms with Crippen molar-refractivity contribution >= 4 is 27.8 Å². The van der Waals surface area contributed by atoms with E-state index in [2.05, 4.69) is 41.8 Å². The molecule has 2 N–H and O–H groups in total. The molecule has 3 aromatic rings. The number of hydrogen-bond acceptors (Lipinski definition) is 3. The molecule has 0 saturated carbocycles. The summed E-state index contributed by atoms with van der Waals surface area (Å²) in [6.07, 6.45) is 0.200. The second-order valence-corrected chi connectivity index (χ2v) is 5.65. The van der Waals surface area contributed by atoms with Crippen molar-refractivity contribution in [1.82, 2.24) is 4.57 Å². The van der Waals surface area contributed by atoms with Crippen molar-refractivity contribution in [2.45, 2.75) is 32.9 Å². The van der Waals surface area contributed by atoms with E-state index in [0.29, 0.717) is 6.61 Å². The minimum atomic E-state index is -0.345. The third-order valence-electron chi connectivity index (χ3n) is 4.23. The number of ether oxygens (including phenoxy) is 1. The number of esters is 1. The number of rotatable bonds is 5. The van der Waals surface area contributed by atoms with Gasteiger partial charge in [0.2, 0.25) is 0 Å². The average molecular weight is 310 g/mol. The molecule has 23 heavy (non-hydrogen) atoms. The minimum Gasteiger partial charge on any atom is -0.466 e. The van der Waals surface area contributed by atoms with Gasteiger partial charge in [-0.3, -0.25) is 4.79 Å². The van der Waals surface area contributed by atoms with Crippen molar-refractivity contribution in [3.63, 3.8) is 0 Å². The lowest BCUT2D eigenvalue weighted by Gasteiger charge is -2.12. The monoisotopic (exact) mass is 310 g/mol. The second kappa shape index (κ2) is 6.42. The summed E-state index contributed by atoms with van der Waals surface area (Å²) in [6.45, 7) is 5.24. The zero-order valence-electron chi connectivity index (χ0n) is 13.6. The number of nitrogens with two attached hydrogens (primary N) is 1. The van der Waals surface area contributed by atoms with Gasteiger partial charge in [-0.25, -0.2) is 0 Å². The molecule has 0 radical (unpaired) electrons. The summed E-state index contributed by atoms with van der Waals surface area (Å²) < 4.78 is 7.29. The molecule has 3 rings (SSSR count). The maximum atomic E-state index is 11.6. The Labute approximate surface area is 135 Å². The number of carbonyl (C=O) groups excluding carboxylic acids is 1. The van der Waals surface area contributed by atoms with E-state index in [-0.39, 0.29) is 18.4 Å². The van der Waals surface area contributed by atoms with Crippen LogP contribution in [-0.2, 0) is 16.1 Å². The van der Waals surface area contributed by atoms with Crippen LogP contribution in [0.15, 0.2) is 42.5 Å². The van der Waals surface area contributed by atoms with Crippen LogP contribution in [-0.4, -0.2) is 17.1 Å². The van der Waals surface area contributed by atoms with Crippen molar-refractivity contribution in [1.29, 1.82) is 0 Å². The number of aromatic nitrogens is 1. The first-order chi connectivity index (χ1) is 11.2. The van der Waals surface area contributed by atoms with Crippen LogP contribution in [0, 0.1) is 0 Å². The van der Waals surface area contributed by atoms with Gasteiger partial charge in [-0.15, -0.1) is 0 Å². The van der Waals surface area contributed by atoms with Crippen molar-refractivity contribution < 1.29 is 9.53 Å². The molecule has 0 fully saturated rings. The fraction of sp³-hybridized carbons (Fsp3) is 0.316. The van der Waals surface area contributed by atoms with E-state index in [9.17, 15) is 4.79 Å². The molecule has 0 amide bonds. The second-order valence-electron chi connectivity index (χ2n) is 5.65. The first-order valence-electron chi connectivity index (χ1n) is 8.07. The molecule has 0 unspecified atom stereocenters. The Balaban J connectivity index is 2.05. The zero-order chi connectivity index (χ0) is 16.4. The lowest BCUT2D eigenvalue weighted by Crippen LogP contribution is -2.17. The summed E-state index contributed by atoms with van der Waals surface area (Å²) in [5, 5.41) is 2.40. The average Bonchev–Trinajstić information content (AvgIpc) is 2.88. The van der Waals surface area contributed by atoms with Crippen LogP contribution >= 0.6 is 0 Å². The normalized spacial score (nSPS) is 12.7. The number of nitrogens with zero attached hydrogens (tertiary/aromatic N) is 1. The lowest BCUT2D eigenvalue weighted by molar-refractivity contribution is -0.143. The van der Waals surface area contributed by atoms with Crippen LogP contribution < -0.4 is 5.73 Å². The third-order valence-corrected chi connectivity index (χ3v) is 4.23. The van der Waals surface area contributed by atoms with Gasteiger partial charge in [0.15, 0.2) is 0 Å². The van der Waals surface area contributed by atoms with E-state index in [1.54, 1.807) is 6.92 Å². The van der Waals surface area contributed by atoms with Gasteiger partial charge in [0.1, 0.15) is 0 Å². The van der Waals surface area contributed by atoms with Gasteiger partial charge < -0.3 is 15.0 Å². The molecule has 0 aliphatic carbocycles. The Bertz CT molecular complexity index is 851. The van der Waals surface area contributed by atoms with E-state index in [4.69, 9.17) is 10.5 Å². The Morgan fingerprint density at radius 3 is 2.61 bits per heavy atom. The van der Waals surface area contributed by atoms with Gasteiger partial charge in [-0.2, -0.15) is 0 Å². The molecule has 1 atom stereocenters. The maximum absolute atomic E-state index is 11.6. The number of carbonyl (C=O) groups is 1. The third kappa shape index (κ3) is 2.82. The minimum absolute atomic E-state index is 0.200. The smallest absolute Gasteiger partial charge is 0.307 e. The molecule has 1 aromatic heterocycles. The van der Waals surface area contributed by atoms with E-state index in [1.807, 2.05) is 12.1 Å². The highest BCUT2D eigenvalue weighted by Gasteiger charge is 2.15. The first kappa shape index (κ1) is 15.6. The van der Waals surface area contributed by atoms with Crippen LogP contribution in [0.25, 0.3) is 21.8 Å². The predicted octanol–water partition coefficient (Wildman–Crippen LogP) is 3.77. The van der Waals surface area contributed by atoms with Gasteiger partial charge in [-0.1, -0.05) is 24.3 Å². The van der Waals surface area contributed by atoms with Crippen LogP contribution in [0.1, 0.15) is 31.9 Å². The predicted molar refractivity (Wildman–Crippen MR) is 93.3 cm³/mol. The molecule has 4 heteroatoms. The molecular formula is C19H22N2O2. The Hall–Kier alpha value is -2.33. The van der Waals surface area contributed by atoms with E-state index < -0.39 is 0 Å². The van der Waals surface area contributed by atoms with E-state index in [1.165, 1.54) is 21.8 Å². The Kier molecular flexibility index (Phi) is 4.35. The number of para-hydroxylation sites is 1. The van der Waals surface area contributed by atoms with Crippen LogP contribution in [0.2, 0.25) is 0 Å².